The third kappa shape index (κ3) is 10.3. The Hall–Kier alpha value is -1.63. The number of hydrogen-bond donors (Lipinski definition) is 2. The zero-order chi connectivity index (χ0) is 15.4. The smallest absolute Gasteiger partial charge is 0.372 e. The molecule has 116 valence electrons. The van der Waals surface area contributed by atoms with Crippen LogP contribution in [-0.4, -0.2) is 29.1 Å². The highest BCUT2D eigenvalue weighted by atomic mass is 17.2. The van der Waals surface area contributed by atoms with Crippen molar-refractivity contribution in [2.75, 3.05) is 0 Å². The molecule has 0 aromatic carbocycles. The average Bonchev–Trinajstić information content (AvgIpc) is 2.41. The van der Waals surface area contributed by atoms with Crippen LogP contribution in [0.15, 0.2) is 0 Å². The van der Waals surface area contributed by atoms with Crippen molar-refractivity contribution in [3.63, 3.8) is 0 Å². The molecule has 0 spiro atoms. The molecule has 0 aliphatic heterocycles. The molecule has 3 N–H and O–H groups in total. The van der Waals surface area contributed by atoms with Crippen LogP contribution in [0.5, 0.6) is 0 Å². The minimum Gasteiger partial charge on any atom is -0.481 e. The van der Waals surface area contributed by atoms with Crippen LogP contribution in [0, 0.1) is 0 Å². The Morgan fingerprint density at radius 3 is 2.30 bits per heavy atom. The third-order valence-corrected chi connectivity index (χ3v) is 2.67. The predicted molar refractivity (Wildman–Crippen MR) is 70.4 cm³/mol. The summed E-state index contributed by atoms with van der Waals surface area (Å²) in [5.74, 6) is -2.62. The molecule has 0 amide bonds. The first-order valence-electron chi connectivity index (χ1n) is 6.86. The number of aliphatic carboxylic acids is 1. The quantitative estimate of drug-likeness (QED) is 0.356. The highest BCUT2D eigenvalue weighted by molar-refractivity contribution is 5.77. The van der Waals surface area contributed by atoms with E-state index >= 15 is 0 Å². The van der Waals surface area contributed by atoms with Crippen LogP contribution in [0.2, 0.25) is 0 Å². The summed E-state index contributed by atoms with van der Waals surface area (Å²) in [5, 5.41) is 8.43. The van der Waals surface area contributed by atoms with Gasteiger partial charge in [0.05, 0.1) is 6.42 Å². The summed E-state index contributed by atoms with van der Waals surface area (Å²) >= 11 is 0. The van der Waals surface area contributed by atoms with E-state index in [-0.39, 0.29) is 19.3 Å². The summed E-state index contributed by atoms with van der Waals surface area (Å²) in [4.78, 5) is 41.4. The van der Waals surface area contributed by atoms with Crippen molar-refractivity contribution < 1.29 is 29.3 Å². The maximum atomic E-state index is 11.3. The average molecular weight is 289 g/mol. The Balaban J connectivity index is 3.66. The number of rotatable bonds is 10. The summed E-state index contributed by atoms with van der Waals surface area (Å²) in [6.07, 6.45) is 4.78. The lowest BCUT2D eigenvalue weighted by Crippen LogP contribution is -2.33. The van der Waals surface area contributed by atoms with Crippen LogP contribution in [0.25, 0.3) is 0 Å². The van der Waals surface area contributed by atoms with Gasteiger partial charge in [0.2, 0.25) is 0 Å². The summed E-state index contributed by atoms with van der Waals surface area (Å²) in [5.41, 5.74) is 5.38. The number of unbranched alkanes of at least 4 members (excludes halogenated alkanes) is 4. The second-order valence-corrected chi connectivity index (χ2v) is 4.56. The van der Waals surface area contributed by atoms with Gasteiger partial charge >= 0.3 is 17.9 Å². The van der Waals surface area contributed by atoms with Crippen LogP contribution < -0.4 is 5.73 Å². The number of nitrogens with two attached hydrogens (primary N) is 1. The van der Waals surface area contributed by atoms with Gasteiger partial charge in [0, 0.05) is 6.42 Å². The maximum Gasteiger partial charge on any atom is 0.372 e. The molecule has 0 saturated carbocycles. The van der Waals surface area contributed by atoms with Crippen molar-refractivity contribution in [3.05, 3.63) is 0 Å². The topological polar surface area (TPSA) is 116 Å². The second-order valence-electron chi connectivity index (χ2n) is 4.56. The second kappa shape index (κ2) is 11.2. The zero-order valence-electron chi connectivity index (χ0n) is 11.8. The van der Waals surface area contributed by atoms with E-state index in [9.17, 15) is 14.4 Å². The van der Waals surface area contributed by atoms with Crippen molar-refractivity contribution in [1.82, 2.24) is 0 Å². The minimum atomic E-state index is -1.11. The van der Waals surface area contributed by atoms with Gasteiger partial charge in [0.25, 0.3) is 0 Å². The third-order valence-electron chi connectivity index (χ3n) is 2.67. The Bertz CT molecular complexity index is 318. The van der Waals surface area contributed by atoms with Crippen LogP contribution in [0.4, 0.5) is 0 Å². The molecule has 1 atom stereocenters. The van der Waals surface area contributed by atoms with Crippen molar-refractivity contribution in [2.24, 2.45) is 5.73 Å². The first-order valence-corrected chi connectivity index (χ1v) is 6.86. The maximum absolute atomic E-state index is 11.3. The van der Waals surface area contributed by atoms with Crippen molar-refractivity contribution in [2.45, 2.75) is 64.3 Å². The van der Waals surface area contributed by atoms with Crippen LogP contribution in [0.1, 0.15) is 58.3 Å². The molecule has 7 nitrogen and oxygen atoms in total. The molecule has 0 fully saturated rings. The molecule has 0 bridgehead atoms. The Morgan fingerprint density at radius 2 is 1.70 bits per heavy atom. The molecular weight excluding hydrogens is 266 g/mol. The molecule has 0 aromatic rings. The van der Waals surface area contributed by atoms with E-state index in [1.54, 1.807) is 0 Å². The van der Waals surface area contributed by atoms with Gasteiger partial charge in [-0.05, 0) is 12.8 Å². The van der Waals surface area contributed by atoms with Gasteiger partial charge in [-0.1, -0.05) is 32.6 Å². The summed E-state index contributed by atoms with van der Waals surface area (Å²) < 4.78 is 0. The molecule has 0 aromatic heterocycles. The van der Waals surface area contributed by atoms with E-state index < -0.39 is 23.9 Å². The molecule has 0 heterocycles. The molecular formula is C13H23NO6. The fourth-order valence-electron chi connectivity index (χ4n) is 1.46. The van der Waals surface area contributed by atoms with E-state index in [0.29, 0.717) is 6.42 Å². The summed E-state index contributed by atoms with van der Waals surface area (Å²) in [6.45, 7) is 2.10. The predicted octanol–water partition coefficient (Wildman–Crippen LogP) is 1.54. The van der Waals surface area contributed by atoms with Gasteiger partial charge in [-0.2, -0.15) is 0 Å². The monoisotopic (exact) mass is 289 g/mol. The Labute approximate surface area is 118 Å². The zero-order valence-corrected chi connectivity index (χ0v) is 11.8. The number of carbonyl (C=O) groups excluding carboxylic acids is 2. The molecule has 0 unspecified atom stereocenters. The Morgan fingerprint density at radius 1 is 1.05 bits per heavy atom. The standard InChI is InChI=1S/C13H23NO6/c1-2-3-4-5-6-7-12(17)19-20-13(18)10(14)8-9-11(15)16/h10H,2-9,14H2,1H3,(H,15,16)/t10-/m1/s1. The van der Waals surface area contributed by atoms with Gasteiger partial charge in [-0.25, -0.2) is 19.4 Å². The molecule has 0 aliphatic carbocycles. The molecule has 0 rings (SSSR count). The van der Waals surface area contributed by atoms with Crippen LogP contribution >= 0.6 is 0 Å². The van der Waals surface area contributed by atoms with Gasteiger partial charge < -0.3 is 10.8 Å². The first kappa shape index (κ1) is 18.4. The van der Waals surface area contributed by atoms with E-state index in [2.05, 4.69) is 16.7 Å². The SMILES string of the molecule is CCCCCCCC(=O)OOC(=O)[C@H](N)CCC(=O)O. The first-order chi connectivity index (χ1) is 9.47. The minimum absolute atomic E-state index is 0.0667. The van der Waals surface area contributed by atoms with Gasteiger partial charge in [0.15, 0.2) is 0 Å². The number of carbonyl (C=O) groups is 3. The largest absolute Gasteiger partial charge is 0.481 e. The lowest BCUT2D eigenvalue weighted by atomic mass is 10.1. The normalized spacial score (nSPS) is 11.7. The highest BCUT2D eigenvalue weighted by Crippen LogP contribution is 2.06. The lowest BCUT2D eigenvalue weighted by molar-refractivity contribution is -0.260. The Kier molecular flexibility index (Phi) is 10.3. The van der Waals surface area contributed by atoms with Crippen molar-refractivity contribution in [1.29, 1.82) is 0 Å². The van der Waals surface area contributed by atoms with Crippen LogP contribution in [-0.2, 0) is 24.2 Å². The van der Waals surface area contributed by atoms with Gasteiger partial charge in [0.1, 0.15) is 6.04 Å². The summed E-state index contributed by atoms with van der Waals surface area (Å²) in [6, 6.07) is -1.11. The van der Waals surface area contributed by atoms with E-state index in [1.807, 2.05) is 0 Å². The van der Waals surface area contributed by atoms with Crippen LogP contribution in [0.3, 0.4) is 0 Å². The number of hydrogen-bond acceptors (Lipinski definition) is 6. The van der Waals surface area contributed by atoms with E-state index in [4.69, 9.17) is 10.8 Å². The lowest BCUT2D eigenvalue weighted by Gasteiger charge is -2.08. The molecule has 0 aliphatic rings. The molecule has 0 saturated heterocycles. The molecule has 7 heteroatoms. The van der Waals surface area contributed by atoms with E-state index in [0.717, 1.165) is 25.7 Å². The number of carboxylic acid groups (broad SMARTS) is 1. The molecule has 20 heavy (non-hydrogen) atoms. The summed E-state index contributed by atoms with van der Waals surface area (Å²) in [7, 11) is 0. The van der Waals surface area contributed by atoms with Gasteiger partial charge in [-0.15, -0.1) is 0 Å². The van der Waals surface area contributed by atoms with Crippen molar-refractivity contribution >= 4 is 17.9 Å². The fraction of sp³-hybridized carbons (Fsp3) is 0.769. The highest BCUT2D eigenvalue weighted by Gasteiger charge is 2.19. The van der Waals surface area contributed by atoms with E-state index in [1.165, 1.54) is 0 Å². The van der Waals surface area contributed by atoms with Gasteiger partial charge in [-0.3, -0.25) is 4.79 Å². The van der Waals surface area contributed by atoms with Crippen molar-refractivity contribution in [3.8, 4) is 0 Å². The molecule has 0 radical (unpaired) electrons. The number of carboxylic acids is 1. The fourth-order valence-corrected chi connectivity index (χ4v) is 1.46.